The quantitative estimate of drug-likeness (QED) is 0.346. The lowest BCUT2D eigenvalue weighted by Crippen LogP contribution is -2.33. The second kappa shape index (κ2) is 12.1. The van der Waals surface area contributed by atoms with Crippen molar-refractivity contribution < 1.29 is 10.2 Å². The summed E-state index contributed by atoms with van der Waals surface area (Å²) in [4.78, 5) is 0. The first-order valence-electron chi connectivity index (χ1n) is 14.2. The van der Waals surface area contributed by atoms with Crippen molar-refractivity contribution >= 4 is 0 Å². The maximum Gasteiger partial charge on any atom is 0.115 e. The molecule has 34 heavy (non-hydrogen) atoms. The Balaban J connectivity index is 1.28. The molecule has 2 aliphatic carbocycles. The molecule has 2 aromatic rings. The Morgan fingerprint density at radius 1 is 0.588 bits per heavy atom. The van der Waals surface area contributed by atoms with Crippen molar-refractivity contribution in [3.8, 4) is 11.5 Å². The van der Waals surface area contributed by atoms with Gasteiger partial charge < -0.3 is 10.2 Å². The molecule has 0 amide bonds. The summed E-state index contributed by atoms with van der Waals surface area (Å²) in [6, 6.07) is 15.7. The Hall–Kier alpha value is -1.96. The van der Waals surface area contributed by atoms with Crippen LogP contribution in [0, 0.1) is 17.8 Å². The predicted molar refractivity (Wildman–Crippen MR) is 142 cm³/mol. The molecule has 0 bridgehead atoms. The first-order chi connectivity index (χ1) is 16.6. The average molecular weight is 463 g/mol. The van der Waals surface area contributed by atoms with Gasteiger partial charge in [0, 0.05) is 5.41 Å². The van der Waals surface area contributed by atoms with Crippen LogP contribution in [0.5, 0.6) is 11.5 Å². The largest absolute Gasteiger partial charge is 0.508 e. The number of phenolic OH excluding ortho intramolecular Hbond substituents is 2. The molecule has 0 spiro atoms. The summed E-state index contributed by atoms with van der Waals surface area (Å²) in [6.07, 6.45) is 20.7. The lowest BCUT2D eigenvalue weighted by Gasteiger charge is -2.42. The van der Waals surface area contributed by atoms with Crippen molar-refractivity contribution in [2.24, 2.45) is 17.8 Å². The molecule has 0 saturated heterocycles. The van der Waals surface area contributed by atoms with Crippen LogP contribution in [0.3, 0.4) is 0 Å². The summed E-state index contributed by atoms with van der Waals surface area (Å²) in [5.41, 5.74) is 2.59. The number of aromatic hydroxyl groups is 2. The summed E-state index contributed by atoms with van der Waals surface area (Å²) < 4.78 is 0. The number of benzene rings is 2. The SMILES string of the molecule is CCCCCC[C@H]1CC[C@H](CCC2CCC(c3ccc(O)cc3)(c3ccc(O)cc3)CC2)CC1. The van der Waals surface area contributed by atoms with E-state index in [0.29, 0.717) is 11.5 Å². The number of rotatable bonds is 10. The highest BCUT2D eigenvalue weighted by Crippen LogP contribution is 2.48. The van der Waals surface area contributed by atoms with Crippen molar-refractivity contribution in [2.75, 3.05) is 0 Å². The van der Waals surface area contributed by atoms with E-state index in [9.17, 15) is 10.2 Å². The molecule has 2 N–H and O–H groups in total. The summed E-state index contributed by atoms with van der Waals surface area (Å²) in [6.45, 7) is 2.30. The zero-order chi connectivity index (χ0) is 23.8. The smallest absolute Gasteiger partial charge is 0.115 e. The molecule has 0 atom stereocenters. The molecule has 2 aliphatic rings. The zero-order valence-electron chi connectivity index (χ0n) is 21.4. The van der Waals surface area contributed by atoms with Crippen LogP contribution in [0.25, 0.3) is 0 Å². The molecular weight excluding hydrogens is 416 g/mol. The van der Waals surface area contributed by atoms with Gasteiger partial charge in [0.05, 0.1) is 0 Å². The van der Waals surface area contributed by atoms with Gasteiger partial charge in [0.15, 0.2) is 0 Å². The van der Waals surface area contributed by atoms with Gasteiger partial charge in [-0.25, -0.2) is 0 Å². The maximum atomic E-state index is 9.83. The number of phenols is 2. The second-order valence-electron chi connectivity index (χ2n) is 11.4. The third-order valence-corrected chi connectivity index (χ3v) is 9.21. The highest BCUT2D eigenvalue weighted by molar-refractivity contribution is 5.43. The molecule has 0 aliphatic heterocycles. The van der Waals surface area contributed by atoms with Crippen molar-refractivity contribution in [2.45, 2.75) is 109 Å². The van der Waals surface area contributed by atoms with Gasteiger partial charge in [0.1, 0.15) is 11.5 Å². The van der Waals surface area contributed by atoms with Crippen LogP contribution in [-0.4, -0.2) is 10.2 Å². The normalized spacial score (nSPS) is 23.1. The summed E-state index contributed by atoms with van der Waals surface area (Å²) in [5, 5.41) is 19.7. The number of unbranched alkanes of at least 4 members (excludes halogenated alkanes) is 3. The highest BCUT2D eigenvalue weighted by Gasteiger charge is 2.38. The molecule has 2 aromatic carbocycles. The van der Waals surface area contributed by atoms with E-state index in [1.165, 1.54) is 94.6 Å². The summed E-state index contributed by atoms with van der Waals surface area (Å²) >= 11 is 0. The van der Waals surface area contributed by atoms with Gasteiger partial charge in [-0.15, -0.1) is 0 Å². The second-order valence-corrected chi connectivity index (χ2v) is 11.4. The minimum Gasteiger partial charge on any atom is -0.508 e. The van der Waals surface area contributed by atoms with Gasteiger partial charge in [-0.05, 0) is 78.8 Å². The van der Waals surface area contributed by atoms with Gasteiger partial charge in [-0.2, -0.15) is 0 Å². The highest BCUT2D eigenvalue weighted by atomic mass is 16.3. The standard InChI is InChI=1S/C32H46O2/c1-2-3-4-5-6-25-7-9-26(10-8-25)11-12-27-21-23-32(24-22-27,28-13-17-30(33)18-14-28)29-15-19-31(34)20-16-29/h13-20,25-27,33-34H,2-12,21-24H2,1H3/t25-,26-. The van der Waals surface area contributed by atoms with Gasteiger partial charge in [0.2, 0.25) is 0 Å². The summed E-state index contributed by atoms with van der Waals surface area (Å²) in [5.74, 6) is 3.48. The van der Waals surface area contributed by atoms with E-state index in [2.05, 4.69) is 31.2 Å². The molecule has 4 rings (SSSR count). The van der Waals surface area contributed by atoms with Gasteiger partial charge in [-0.1, -0.05) is 102 Å². The van der Waals surface area contributed by atoms with Crippen LogP contribution >= 0.6 is 0 Å². The molecule has 2 fully saturated rings. The Kier molecular flexibility index (Phi) is 8.98. The van der Waals surface area contributed by atoms with E-state index in [0.717, 1.165) is 30.6 Å². The molecular formula is C32H46O2. The monoisotopic (exact) mass is 462 g/mol. The van der Waals surface area contributed by atoms with E-state index in [1.54, 1.807) is 0 Å². The van der Waals surface area contributed by atoms with Crippen LogP contribution in [0.4, 0.5) is 0 Å². The lowest BCUT2D eigenvalue weighted by molar-refractivity contribution is 0.208. The van der Waals surface area contributed by atoms with Crippen LogP contribution in [0.15, 0.2) is 48.5 Å². The molecule has 0 heterocycles. The maximum absolute atomic E-state index is 9.83. The Morgan fingerprint density at radius 2 is 1.03 bits per heavy atom. The van der Waals surface area contributed by atoms with E-state index >= 15 is 0 Å². The molecule has 186 valence electrons. The molecule has 0 aromatic heterocycles. The number of hydrogen-bond acceptors (Lipinski definition) is 2. The van der Waals surface area contributed by atoms with Crippen LogP contribution in [0.1, 0.15) is 114 Å². The molecule has 2 saturated carbocycles. The van der Waals surface area contributed by atoms with E-state index in [1.807, 2.05) is 24.3 Å². The van der Waals surface area contributed by atoms with E-state index in [4.69, 9.17) is 0 Å². The minimum atomic E-state index is -0.00621. The fourth-order valence-electron chi connectivity index (χ4n) is 6.90. The van der Waals surface area contributed by atoms with Crippen LogP contribution < -0.4 is 0 Å². The third-order valence-electron chi connectivity index (χ3n) is 9.21. The zero-order valence-corrected chi connectivity index (χ0v) is 21.4. The van der Waals surface area contributed by atoms with Crippen molar-refractivity contribution in [1.82, 2.24) is 0 Å². The van der Waals surface area contributed by atoms with Crippen molar-refractivity contribution in [3.05, 3.63) is 59.7 Å². The molecule has 0 unspecified atom stereocenters. The van der Waals surface area contributed by atoms with Gasteiger partial charge in [-0.3, -0.25) is 0 Å². The molecule has 2 nitrogen and oxygen atoms in total. The first kappa shape index (κ1) is 25.1. The van der Waals surface area contributed by atoms with Crippen LogP contribution in [-0.2, 0) is 5.41 Å². The topological polar surface area (TPSA) is 40.5 Å². The average Bonchev–Trinajstić information content (AvgIpc) is 2.87. The Labute approximate surface area is 207 Å². The van der Waals surface area contributed by atoms with Crippen molar-refractivity contribution in [1.29, 1.82) is 0 Å². The van der Waals surface area contributed by atoms with Gasteiger partial charge >= 0.3 is 0 Å². The van der Waals surface area contributed by atoms with E-state index < -0.39 is 0 Å². The molecule has 0 radical (unpaired) electrons. The van der Waals surface area contributed by atoms with Gasteiger partial charge in [0.25, 0.3) is 0 Å². The van der Waals surface area contributed by atoms with Crippen molar-refractivity contribution in [3.63, 3.8) is 0 Å². The Bertz CT molecular complexity index is 790. The third kappa shape index (κ3) is 6.37. The summed E-state index contributed by atoms with van der Waals surface area (Å²) in [7, 11) is 0. The lowest BCUT2D eigenvalue weighted by atomic mass is 9.62. The Morgan fingerprint density at radius 3 is 1.50 bits per heavy atom. The number of hydrogen-bond donors (Lipinski definition) is 2. The van der Waals surface area contributed by atoms with Crippen LogP contribution in [0.2, 0.25) is 0 Å². The molecule has 2 heteroatoms. The first-order valence-corrected chi connectivity index (χ1v) is 14.2. The fraction of sp³-hybridized carbons (Fsp3) is 0.625. The fourth-order valence-corrected chi connectivity index (χ4v) is 6.90. The van der Waals surface area contributed by atoms with E-state index in [-0.39, 0.29) is 5.41 Å². The predicted octanol–water partition coefficient (Wildman–Crippen LogP) is 9.13. The minimum absolute atomic E-state index is 0.00621.